The predicted molar refractivity (Wildman–Crippen MR) is 404 cm³/mol. The summed E-state index contributed by atoms with van der Waals surface area (Å²) in [5.41, 5.74) is 0. The molecule has 0 aromatic heterocycles. The summed E-state index contributed by atoms with van der Waals surface area (Å²) in [6.45, 7) is 9.50. The molecular weight excluding hydrogens is 1290 g/mol. The number of allylic oxidation sites excluding steroid dienone is 4. The van der Waals surface area contributed by atoms with Crippen molar-refractivity contribution in [3.8, 4) is 0 Å². The van der Waals surface area contributed by atoms with Gasteiger partial charge >= 0.3 is 39.5 Å². The van der Waals surface area contributed by atoms with Crippen molar-refractivity contribution >= 4 is 39.5 Å². The molecule has 3 N–H and O–H groups in total. The van der Waals surface area contributed by atoms with Crippen LogP contribution in [0, 0.1) is 11.8 Å². The fourth-order valence-corrected chi connectivity index (χ4v) is 13.3. The number of hydrogen-bond acceptors (Lipinski definition) is 15. The quantitative estimate of drug-likeness (QED) is 0.0169. The van der Waals surface area contributed by atoms with Crippen molar-refractivity contribution in [1.29, 1.82) is 0 Å². The van der Waals surface area contributed by atoms with Gasteiger partial charge in [0, 0.05) is 25.7 Å². The van der Waals surface area contributed by atoms with Gasteiger partial charge in [0.05, 0.1) is 26.4 Å². The van der Waals surface area contributed by atoms with Crippen LogP contribution >= 0.6 is 15.6 Å². The summed E-state index contributed by atoms with van der Waals surface area (Å²) in [6, 6.07) is 0. The van der Waals surface area contributed by atoms with E-state index < -0.39 is 97.5 Å². The highest BCUT2D eigenvalue weighted by Gasteiger charge is 2.30. The minimum Gasteiger partial charge on any atom is -0.462 e. The number of unbranched alkanes of at least 4 members (excludes halogenated alkanes) is 42. The maximum atomic E-state index is 13.1. The summed E-state index contributed by atoms with van der Waals surface area (Å²) in [5, 5.41) is 10.6. The number of phosphoric acid groups is 2. The SMILES string of the molecule is CCCCCC/C=C\C=C/CCCCCCCC(=O)OC[C@H](COP(=O)(O)OC[C@@H](O)COP(=O)(O)OC[C@@H](COC(=O)CCCCCCCCC(C)CC)OC(=O)CCCCCCCCCCC(C)CC)OC(=O)CCCCCCCCCCCCCCCCCCCCCCCC. The van der Waals surface area contributed by atoms with Crippen LogP contribution in [0.5, 0.6) is 0 Å². The first kappa shape index (κ1) is 96.5. The first-order valence-corrected chi connectivity index (χ1v) is 43.9. The van der Waals surface area contributed by atoms with Crippen molar-refractivity contribution in [2.24, 2.45) is 11.8 Å². The van der Waals surface area contributed by atoms with E-state index in [1.54, 1.807) is 0 Å². The second-order valence-electron chi connectivity index (χ2n) is 28.6. The molecule has 0 saturated heterocycles. The molecule has 0 rings (SSSR count). The smallest absolute Gasteiger partial charge is 0.462 e. The monoisotopic (exact) mass is 1450 g/mol. The topological polar surface area (TPSA) is 237 Å². The summed E-state index contributed by atoms with van der Waals surface area (Å²) in [7, 11) is -9.93. The van der Waals surface area contributed by atoms with Gasteiger partial charge in [-0.3, -0.25) is 37.3 Å². The second kappa shape index (κ2) is 71.2. The van der Waals surface area contributed by atoms with Crippen LogP contribution in [0.25, 0.3) is 0 Å². The molecule has 7 atom stereocenters. The molecule has 0 amide bonds. The summed E-state index contributed by atoms with van der Waals surface area (Å²) in [5.74, 6) is -0.649. The van der Waals surface area contributed by atoms with Gasteiger partial charge in [-0.15, -0.1) is 0 Å². The van der Waals surface area contributed by atoms with Crippen molar-refractivity contribution < 1.29 is 80.2 Å². The molecule has 0 aromatic carbocycles. The standard InChI is InChI=1S/C80H152O17P2/c1-7-11-13-15-17-19-21-23-25-26-27-28-29-30-31-33-35-37-39-44-52-58-64-79(84)96-75(68-90-77(82)62-56-50-43-38-36-34-32-24-22-20-18-16-14-12-8-2)70-94-98(86,87)92-66-74(81)67-93-99(88,89)95-71-76(69-91-78(83)63-57-51-47-46-49-55-61-73(6)10-4)97-80(85)65-59-53-45-41-40-42-48-54-60-72(5)9-3/h20,22,24,32,72-76,81H,7-19,21,23,25-31,33-71H2,1-6H3,(H,86,87)(H,88,89)/b22-20-,32-24-/t72?,73?,74-,75-,76-/m1/s1. The average Bonchev–Trinajstić information content (AvgIpc) is 1.02. The number of aliphatic hydroxyl groups excluding tert-OH is 1. The Balaban J connectivity index is 5.24. The molecule has 17 nitrogen and oxygen atoms in total. The van der Waals surface area contributed by atoms with Gasteiger partial charge in [-0.2, -0.15) is 0 Å². The van der Waals surface area contributed by atoms with Crippen molar-refractivity contribution in [2.75, 3.05) is 39.6 Å². The van der Waals surface area contributed by atoms with E-state index in [9.17, 15) is 43.2 Å². The molecule has 0 aromatic rings. The van der Waals surface area contributed by atoms with Gasteiger partial charge in [-0.25, -0.2) is 9.13 Å². The third kappa shape index (κ3) is 71.0. The van der Waals surface area contributed by atoms with Crippen molar-refractivity contribution in [3.63, 3.8) is 0 Å². The zero-order chi connectivity index (χ0) is 72.8. The lowest BCUT2D eigenvalue weighted by molar-refractivity contribution is -0.161. The Morgan fingerprint density at radius 3 is 0.859 bits per heavy atom. The lowest BCUT2D eigenvalue weighted by Crippen LogP contribution is -2.30. The fraction of sp³-hybridized carbons (Fsp3) is 0.900. The lowest BCUT2D eigenvalue weighted by atomic mass is 9.99. The minimum atomic E-state index is -4.97. The molecule has 0 bridgehead atoms. The van der Waals surface area contributed by atoms with Crippen LogP contribution in [0.15, 0.2) is 24.3 Å². The molecule has 19 heteroatoms. The molecule has 0 radical (unpaired) electrons. The maximum Gasteiger partial charge on any atom is 0.472 e. The van der Waals surface area contributed by atoms with E-state index in [1.807, 2.05) is 0 Å². The lowest BCUT2D eigenvalue weighted by Gasteiger charge is -2.21. The molecular formula is C80H152O17P2. The zero-order valence-corrected chi connectivity index (χ0v) is 66.1. The molecule has 0 aliphatic carbocycles. The third-order valence-electron chi connectivity index (χ3n) is 18.8. The van der Waals surface area contributed by atoms with E-state index in [-0.39, 0.29) is 25.7 Å². The highest BCUT2D eigenvalue weighted by molar-refractivity contribution is 7.47. The van der Waals surface area contributed by atoms with Crippen LogP contribution in [-0.2, 0) is 65.4 Å². The molecule has 0 saturated carbocycles. The molecule has 4 unspecified atom stereocenters. The van der Waals surface area contributed by atoms with E-state index in [2.05, 4.69) is 65.8 Å². The van der Waals surface area contributed by atoms with Crippen molar-refractivity contribution in [2.45, 2.75) is 413 Å². The van der Waals surface area contributed by atoms with Gasteiger partial charge in [-0.05, 0) is 63.2 Å². The number of carbonyl (C=O) groups is 4. The van der Waals surface area contributed by atoms with E-state index in [4.69, 9.17) is 37.0 Å². The van der Waals surface area contributed by atoms with Crippen molar-refractivity contribution in [1.82, 2.24) is 0 Å². The van der Waals surface area contributed by atoms with Crippen LogP contribution < -0.4 is 0 Å². The molecule has 0 aliphatic heterocycles. The van der Waals surface area contributed by atoms with E-state index >= 15 is 0 Å². The van der Waals surface area contributed by atoms with Gasteiger partial charge in [0.15, 0.2) is 12.2 Å². The number of esters is 4. The Morgan fingerprint density at radius 2 is 0.566 bits per heavy atom. The van der Waals surface area contributed by atoms with Gasteiger partial charge in [0.2, 0.25) is 0 Å². The van der Waals surface area contributed by atoms with Crippen molar-refractivity contribution in [3.05, 3.63) is 24.3 Å². The van der Waals surface area contributed by atoms with Crippen LogP contribution in [0.2, 0.25) is 0 Å². The van der Waals surface area contributed by atoms with Gasteiger partial charge in [0.1, 0.15) is 19.3 Å². The third-order valence-corrected chi connectivity index (χ3v) is 20.7. The molecule has 0 spiro atoms. The number of hydrogen-bond donors (Lipinski definition) is 3. The molecule has 99 heavy (non-hydrogen) atoms. The molecule has 0 fully saturated rings. The Kier molecular flexibility index (Phi) is 69.4. The summed E-state index contributed by atoms with van der Waals surface area (Å²) >= 11 is 0. The first-order chi connectivity index (χ1) is 47.9. The Bertz CT molecular complexity index is 2010. The predicted octanol–water partition coefficient (Wildman–Crippen LogP) is 23.4. The zero-order valence-electron chi connectivity index (χ0n) is 64.3. The second-order valence-corrected chi connectivity index (χ2v) is 31.5. The highest BCUT2D eigenvalue weighted by atomic mass is 31.2. The Morgan fingerprint density at radius 1 is 0.323 bits per heavy atom. The Labute approximate surface area is 605 Å². The summed E-state index contributed by atoms with van der Waals surface area (Å²) in [6.07, 6.45) is 63.4. The van der Waals surface area contributed by atoms with Crippen LogP contribution in [-0.4, -0.2) is 96.7 Å². The van der Waals surface area contributed by atoms with Gasteiger partial charge in [0.25, 0.3) is 0 Å². The van der Waals surface area contributed by atoms with Crippen LogP contribution in [0.4, 0.5) is 0 Å². The molecule has 0 heterocycles. The summed E-state index contributed by atoms with van der Waals surface area (Å²) < 4.78 is 68.6. The largest absolute Gasteiger partial charge is 0.472 e. The van der Waals surface area contributed by atoms with E-state index in [0.717, 1.165) is 127 Å². The number of aliphatic hydroxyl groups is 1. The minimum absolute atomic E-state index is 0.102. The number of ether oxygens (including phenoxy) is 4. The highest BCUT2D eigenvalue weighted by Crippen LogP contribution is 2.45. The summed E-state index contributed by atoms with van der Waals surface area (Å²) in [4.78, 5) is 72.9. The number of phosphoric ester groups is 2. The Hall–Kier alpha value is -2.46. The van der Waals surface area contributed by atoms with Crippen LogP contribution in [0.1, 0.15) is 395 Å². The normalized spacial score (nSPS) is 14.6. The molecule has 584 valence electrons. The average molecular weight is 1450 g/mol. The maximum absolute atomic E-state index is 13.1. The number of carbonyl (C=O) groups excluding carboxylic acids is 4. The number of rotatable bonds is 77. The van der Waals surface area contributed by atoms with Gasteiger partial charge < -0.3 is 33.8 Å². The van der Waals surface area contributed by atoms with E-state index in [0.29, 0.717) is 25.7 Å². The van der Waals surface area contributed by atoms with Crippen LogP contribution in [0.3, 0.4) is 0 Å². The first-order valence-electron chi connectivity index (χ1n) is 40.9. The van der Waals surface area contributed by atoms with Gasteiger partial charge in [-0.1, -0.05) is 342 Å². The van der Waals surface area contributed by atoms with E-state index in [1.165, 1.54) is 186 Å². The molecule has 0 aliphatic rings. The fourth-order valence-electron chi connectivity index (χ4n) is 11.8.